The molecule has 2 heterocycles. The van der Waals surface area contributed by atoms with Gasteiger partial charge in [-0.2, -0.15) is 5.10 Å². The van der Waals surface area contributed by atoms with Crippen LogP contribution in [-0.4, -0.2) is 33.0 Å². The Kier molecular flexibility index (Phi) is 5.93. The summed E-state index contributed by atoms with van der Waals surface area (Å²) in [6.45, 7) is 1.73. The molecule has 0 bridgehead atoms. The number of nitrogens with one attached hydrogen (secondary N) is 1. The van der Waals surface area contributed by atoms with Crippen LogP contribution in [0.2, 0.25) is 0 Å². The van der Waals surface area contributed by atoms with E-state index < -0.39 is 0 Å². The average Bonchev–Trinajstić information content (AvgIpc) is 3.03. The number of pyridine rings is 1. The van der Waals surface area contributed by atoms with Gasteiger partial charge in [0, 0.05) is 56.5 Å². The lowest BCUT2D eigenvalue weighted by atomic mass is 9.96. The molecule has 0 spiro atoms. The van der Waals surface area contributed by atoms with Crippen LogP contribution in [-0.2, 0) is 13.6 Å². The van der Waals surface area contributed by atoms with E-state index in [-0.39, 0.29) is 6.61 Å². The van der Waals surface area contributed by atoms with E-state index in [1.807, 2.05) is 54.5 Å². The predicted octanol–water partition coefficient (Wildman–Crippen LogP) is 2.74. The third-order valence-electron chi connectivity index (χ3n) is 4.29. The number of aliphatic hydroxyl groups excluding tert-OH is 1. The molecule has 0 radical (unpaired) electrons. The maximum absolute atomic E-state index is 9.36. The van der Waals surface area contributed by atoms with Crippen LogP contribution in [0.1, 0.15) is 23.5 Å². The Balaban J connectivity index is 1.67. The van der Waals surface area contributed by atoms with Gasteiger partial charge < -0.3 is 10.4 Å². The fourth-order valence-corrected chi connectivity index (χ4v) is 3.06. The summed E-state index contributed by atoms with van der Waals surface area (Å²) in [4.78, 5) is 4.19. The Hall–Kier alpha value is -2.50. The SMILES string of the molecule is Cn1cc(CNCC(CCO)c2ccccc2)c(-c2cccnc2)n1. The lowest BCUT2D eigenvalue weighted by Crippen LogP contribution is -2.22. The molecule has 25 heavy (non-hydrogen) atoms. The molecule has 2 N–H and O–H groups in total. The number of hydrogen-bond donors (Lipinski definition) is 2. The first-order valence-electron chi connectivity index (χ1n) is 8.57. The smallest absolute Gasteiger partial charge is 0.0983 e. The van der Waals surface area contributed by atoms with Crippen molar-refractivity contribution >= 4 is 0 Å². The van der Waals surface area contributed by atoms with Crippen molar-refractivity contribution in [1.29, 1.82) is 0 Å². The molecule has 0 aliphatic rings. The Morgan fingerprint density at radius 1 is 1.16 bits per heavy atom. The van der Waals surface area contributed by atoms with Gasteiger partial charge in [0.25, 0.3) is 0 Å². The van der Waals surface area contributed by atoms with E-state index in [0.29, 0.717) is 5.92 Å². The Morgan fingerprint density at radius 3 is 2.72 bits per heavy atom. The predicted molar refractivity (Wildman–Crippen MR) is 99.0 cm³/mol. The first kappa shape index (κ1) is 17.3. The van der Waals surface area contributed by atoms with Crippen LogP contribution < -0.4 is 5.32 Å². The van der Waals surface area contributed by atoms with E-state index in [2.05, 4.69) is 27.5 Å². The Morgan fingerprint density at radius 2 is 2.00 bits per heavy atom. The molecule has 5 nitrogen and oxygen atoms in total. The van der Waals surface area contributed by atoms with Gasteiger partial charge in [0.1, 0.15) is 0 Å². The fourth-order valence-electron chi connectivity index (χ4n) is 3.06. The molecule has 0 fully saturated rings. The highest BCUT2D eigenvalue weighted by molar-refractivity contribution is 5.61. The van der Waals surface area contributed by atoms with E-state index in [9.17, 15) is 5.11 Å². The van der Waals surface area contributed by atoms with Crippen LogP contribution in [0.3, 0.4) is 0 Å². The average molecular weight is 336 g/mol. The van der Waals surface area contributed by atoms with Crippen molar-refractivity contribution in [2.75, 3.05) is 13.2 Å². The van der Waals surface area contributed by atoms with Gasteiger partial charge in [-0.3, -0.25) is 9.67 Å². The minimum atomic E-state index is 0.190. The molecule has 1 aromatic carbocycles. The van der Waals surface area contributed by atoms with Crippen molar-refractivity contribution in [2.24, 2.45) is 7.05 Å². The summed E-state index contributed by atoms with van der Waals surface area (Å²) in [5, 5.41) is 17.5. The first-order valence-corrected chi connectivity index (χ1v) is 8.57. The molecule has 0 aliphatic carbocycles. The Bertz CT molecular complexity index is 771. The van der Waals surface area contributed by atoms with Crippen LogP contribution in [0.5, 0.6) is 0 Å². The van der Waals surface area contributed by atoms with Gasteiger partial charge in [0.2, 0.25) is 0 Å². The number of rotatable bonds is 8. The third kappa shape index (κ3) is 4.53. The van der Waals surface area contributed by atoms with Gasteiger partial charge in [-0.05, 0) is 30.0 Å². The van der Waals surface area contributed by atoms with Gasteiger partial charge in [-0.15, -0.1) is 0 Å². The van der Waals surface area contributed by atoms with Gasteiger partial charge in [-0.1, -0.05) is 30.3 Å². The maximum atomic E-state index is 9.36. The van der Waals surface area contributed by atoms with Crippen LogP contribution in [0.25, 0.3) is 11.3 Å². The van der Waals surface area contributed by atoms with E-state index in [1.165, 1.54) is 5.56 Å². The molecule has 130 valence electrons. The van der Waals surface area contributed by atoms with E-state index in [1.54, 1.807) is 6.20 Å². The standard InChI is InChI=1S/C20H24N4O/c1-24-15-19(20(23-24)18-8-5-10-21-13-18)14-22-12-17(9-11-25)16-6-3-2-4-7-16/h2-8,10,13,15,17,22,25H,9,11-12,14H2,1H3. The molecule has 0 saturated carbocycles. The second kappa shape index (κ2) is 8.55. The minimum absolute atomic E-state index is 0.190. The summed E-state index contributed by atoms with van der Waals surface area (Å²) in [5.41, 5.74) is 4.38. The molecular formula is C20H24N4O. The summed E-state index contributed by atoms with van der Waals surface area (Å²) in [5.74, 6) is 0.296. The zero-order chi connectivity index (χ0) is 17.5. The lowest BCUT2D eigenvalue weighted by molar-refractivity contribution is 0.273. The molecule has 2 aromatic heterocycles. The first-order chi connectivity index (χ1) is 12.3. The van der Waals surface area contributed by atoms with E-state index >= 15 is 0 Å². The van der Waals surface area contributed by atoms with Gasteiger partial charge >= 0.3 is 0 Å². The van der Waals surface area contributed by atoms with Crippen LogP contribution >= 0.6 is 0 Å². The highest BCUT2D eigenvalue weighted by atomic mass is 16.3. The zero-order valence-electron chi connectivity index (χ0n) is 14.5. The van der Waals surface area contributed by atoms with Crippen LogP contribution in [0.15, 0.2) is 61.1 Å². The summed E-state index contributed by atoms with van der Waals surface area (Å²) >= 11 is 0. The molecule has 0 amide bonds. The van der Waals surface area contributed by atoms with Crippen LogP contribution in [0.4, 0.5) is 0 Å². The summed E-state index contributed by atoms with van der Waals surface area (Å²) < 4.78 is 1.84. The van der Waals surface area contributed by atoms with Crippen molar-refractivity contribution < 1.29 is 5.11 Å². The molecule has 0 aliphatic heterocycles. The second-order valence-corrected chi connectivity index (χ2v) is 6.17. The van der Waals surface area contributed by atoms with E-state index in [4.69, 9.17) is 0 Å². The highest BCUT2D eigenvalue weighted by Gasteiger charge is 2.13. The summed E-state index contributed by atoms with van der Waals surface area (Å²) in [6.07, 6.45) is 6.40. The number of aliphatic hydroxyl groups is 1. The van der Waals surface area contributed by atoms with Crippen molar-refractivity contribution in [2.45, 2.75) is 18.9 Å². The largest absolute Gasteiger partial charge is 0.396 e. The summed E-state index contributed by atoms with van der Waals surface area (Å²) in [7, 11) is 1.93. The van der Waals surface area contributed by atoms with Crippen molar-refractivity contribution in [3.63, 3.8) is 0 Å². The molecule has 3 rings (SSSR count). The molecule has 5 heteroatoms. The number of benzene rings is 1. The lowest BCUT2D eigenvalue weighted by Gasteiger charge is -2.17. The zero-order valence-corrected chi connectivity index (χ0v) is 14.5. The molecule has 1 unspecified atom stereocenters. The molecule has 3 aromatic rings. The normalized spacial score (nSPS) is 12.2. The summed E-state index contributed by atoms with van der Waals surface area (Å²) in [6, 6.07) is 14.3. The van der Waals surface area contributed by atoms with Gasteiger partial charge in [0.15, 0.2) is 0 Å². The van der Waals surface area contributed by atoms with Crippen molar-refractivity contribution in [3.05, 3.63) is 72.2 Å². The van der Waals surface area contributed by atoms with E-state index in [0.717, 1.165) is 36.3 Å². The number of aromatic nitrogens is 3. The molecule has 1 atom stereocenters. The van der Waals surface area contributed by atoms with Crippen molar-refractivity contribution in [1.82, 2.24) is 20.1 Å². The topological polar surface area (TPSA) is 63.0 Å². The van der Waals surface area contributed by atoms with Crippen molar-refractivity contribution in [3.8, 4) is 11.3 Å². The quantitative estimate of drug-likeness (QED) is 0.664. The Labute approximate surface area is 148 Å². The van der Waals surface area contributed by atoms with Gasteiger partial charge in [0.05, 0.1) is 5.69 Å². The van der Waals surface area contributed by atoms with Gasteiger partial charge in [-0.25, -0.2) is 0 Å². The highest BCUT2D eigenvalue weighted by Crippen LogP contribution is 2.22. The third-order valence-corrected chi connectivity index (χ3v) is 4.29. The van der Waals surface area contributed by atoms with Crippen LogP contribution in [0, 0.1) is 0 Å². The number of nitrogens with zero attached hydrogens (tertiary/aromatic N) is 3. The maximum Gasteiger partial charge on any atom is 0.0983 e. The number of hydrogen-bond acceptors (Lipinski definition) is 4. The monoisotopic (exact) mass is 336 g/mol. The number of aryl methyl sites for hydroxylation is 1. The molecule has 0 saturated heterocycles. The second-order valence-electron chi connectivity index (χ2n) is 6.17. The fraction of sp³-hybridized carbons (Fsp3) is 0.300. The molecular weight excluding hydrogens is 312 g/mol. The minimum Gasteiger partial charge on any atom is -0.396 e.